The lowest BCUT2D eigenvalue weighted by Crippen LogP contribution is -2.41. The van der Waals surface area contributed by atoms with Gasteiger partial charge in [-0.3, -0.25) is 0 Å². The third kappa shape index (κ3) is 5.41. The fourth-order valence-electron chi connectivity index (χ4n) is 3.15. The zero-order valence-corrected chi connectivity index (χ0v) is 13.2. The predicted molar refractivity (Wildman–Crippen MR) is 82.2 cm³/mol. The second-order valence-corrected chi connectivity index (χ2v) is 6.82. The normalized spacial score (nSPS) is 23.2. The predicted octanol–water partition coefficient (Wildman–Crippen LogP) is 2.77. The second kappa shape index (κ2) is 7.61. The number of aliphatic hydroxyl groups is 1. The average molecular weight is 270 g/mol. The summed E-state index contributed by atoms with van der Waals surface area (Å²) in [6.45, 7) is 10.4. The van der Waals surface area contributed by atoms with Crippen molar-refractivity contribution >= 4 is 0 Å². The van der Waals surface area contributed by atoms with Gasteiger partial charge in [0.25, 0.3) is 0 Å². The Balaban J connectivity index is 2.16. The first-order valence-corrected chi connectivity index (χ1v) is 8.09. The largest absolute Gasteiger partial charge is 0.394 e. The van der Waals surface area contributed by atoms with Crippen LogP contribution >= 0.6 is 0 Å². The average Bonchev–Trinajstić information content (AvgIpc) is 2.44. The maximum Gasteiger partial charge on any atom is 0.0608 e. The van der Waals surface area contributed by atoms with Crippen LogP contribution in [-0.4, -0.2) is 41.8 Å². The van der Waals surface area contributed by atoms with E-state index in [1.165, 1.54) is 51.7 Å². The lowest BCUT2D eigenvalue weighted by molar-refractivity contribution is 0.0934. The molecule has 1 aliphatic heterocycles. The summed E-state index contributed by atoms with van der Waals surface area (Å²) >= 11 is 0. The maximum absolute atomic E-state index is 9.12. The van der Waals surface area contributed by atoms with Crippen LogP contribution in [0.1, 0.15) is 65.7 Å². The van der Waals surface area contributed by atoms with Crippen molar-refractivity contribution in [3.8, 4) is 0 Å². The molecule has 0 aliphatic carbocycles. The van der Waals surface area contributed by atoms with Gasteiger partial charge in [0.05, 0.1) is 6.61 Å². The molecule has 1 atom stereocenters. The number of unbranched alkanes of at least 4 members (excludes halogenated alkanes) is 1. The standard InChI is InChI=1S/C16H34N2O/c1-4-16(5-2)9-12-18(13-10-16)11-7-6-8-15(3,17)14-19/h19H,4-14,17H2,1-3H3. The highest BCUT2D eigenvalue weighted by Gasteiger charge is 2.30. The highest BCUT2D eigenvalue weighted by Crippen LogP contribution is 2.37. The van der Waals surface area contributed by atoms with Crippen LogP contribution in [-0.2, 0) is 0 Å². The molecule has 3 N–H and O–H groups in total. The van der Waals surface area contributed by atoms with Gasteiger partial charge in [-0.2, -0.15) is 0 Å². The quantitative estimate of drug-likeness (QED) is 0.667. The van der Waals surface area contributed by atoms with E-state index in [1.807, 2.05) is 6.92 Å². The molecule has 0 spiro atoms. The van der Waals surface area contributed by atoms with Gasteiger partial charge in [0, 0.05) is 5.54 Å². The third-order valence-corrected chi connectivity index (χ3v) is 5.25. The van der Waals surface area contributed by atoms with Crippen LogP contribution in [0.2, 0.25) is 0 Å². The molecule has 1 rings (SSSR count). The van der Waals surface area contributed by atoms with E-state index in [2.05, 4.69) is 18.7 Å². The molecule has 1 aliphatic rings. The van der Waals surface area contributed by atoms with Crippen LogP contribution in [0.25, 0.3) is 0 Å². The fourth-order valence-corrected chi connectivity index (χ4v) is 3.15. The molecule has 1 fully saturated rings. The van der Waals surface area contributed by atoms with Gasteiger partial charge < -0.3 is 15.7 Å². The minimum Gasteiger partial charge on any atom is -0.394 e. The van der Waals surface area contributed by atoms with Crippen LogP contribution in [0.15, 0.2) is 0 Å². The van der Waals surface area contributed by atoms with E-state index in [9.17, 15) is 0 Å². The Morgan fingerprint density at radius 1 is 1.16 bits per heavy atom. The summed E-state index contributed by atoms with van der Waals surface area (Å²) in [6, 6.07) is 0. The zero-order valence-electron chi connectivity index (χ0n) is 13.2. The highest BCUT2D eigenvalue weighted by molar-refractivity contribution is 4.84. The van der Waals surface area contributed by atoms with E-state index in [0.29, 0.717) is 5.41 Å². The van der Waals surface area contributed by atoms with Gasteiger partial charge in [0.1, 0.15) is 0 Å². The summed E-state index contributed by atoms with van der Waals surface area (Å²) in [5.41, 5.74) is 6.18. The molecule has 1 unspecified atom stereocenters. The number of nitrogens with zero attached hydrogens (tertiary/aromatic N) is 1. The molecule has 3 nitrogen and oxygen atoms in total. The smallest absolute Gasteiger partial charge is 0.0608 e. The summed E-state index contributed by atoms with van der Waals surface area (Å²) in [5, 5.41) is 9.12. The van der Waals surface area contributed by atoms with E-state index in [4.69, 9.17) is 10.8 Å². The van der Waals surface area contributed by atoms with Gasteiger partial charge in [0.2, 0.25) is 0 Å². The van der Waals surface area contributed by atoms with Crippen LogP contribution in [0.5, 0.6) is 0 Å². The summed E-state index contributed by atoms with van der Waals surface area (Å²) in [7, 11) is 0. The number of hydrogen-bond donors (Lipinski definition) is 2. The Hall–Kier alpha value is -0.120. The first-order valence-electron chi connectivity index (χ1n) is 8.09. The van der Waals surface area contributed by atoms with Gasteiger partial charge in [-0.15, -0.1) is 0 Å². The minimum atomic E-state index is -0.387. The van der Waals surface area contributed by atoms with Crippen molar-refractivity contribution in [2.45, 2.75) is 71.3 Å². The topological polar surface area (TPSA) is 49.5 Å². The van der Waals surface area contributed by atoms with Crippen LogP contribution in [0.3, 0.4) is 0 Å². The Labute approximate surface area is 119 Å². The minimum absolute atomic E-state index is 0.0895. The highest BCUT2D eigenvalue weighted by atomic mass is 16.3. The van der Waals surface area contributed by atoms with Crippen LogP contribution < -0.4 is 5.73 Å². The summed E-state index contributed by atoms with van der Waals surface area (Å²) in [4.78, 5) is 2.61. The fraction of sp³-hybridized carbons (Fsp3) is 1.00. The molecule has 0 bridgehead atoms. The molecule has 0 aromatic rings. The molecule has 114 valence electrons. The van der Waals surface area contributed by atoms with E-state index >= 15 is 0 Å². The summed E-state index contributed by atoms with van der Waals surface area (Å²) in [6.07, 6.45) is 8.65. The van der Waals surface area contributed by atoms with Crippen LogP contribution in [0, 0.1) is 5.41 Å². The molecular formula is C16H34N2O. The van der Waals surface area contributed by atoms with Crippen LogP contribution in [0.4, 0.5) is 0 Å². The first kappa shape index (κ1) is 16.9. The third-order valence-electron chi connectivity index (χ3n) is 5.25. The lowest BCUT2D eigenvalue weighted by Gasteiger charge is -2.41. The van der Waals surface area contributed by atoms with E-state index < -0.39 is 0 Å². The molecule has 0 saturated carbocycles. The van der Waals surface area contributed by atoms with Crippen molar-refractivity contribution < 1.29 is 5.11 Å². The van der Waals surface area contributed by atoms with E-state index in [0.717, 1.165) is 12.8 Å². The molecule has 0 radical (unpaired) electrons. The molecule has 3 heteroatoms. The number of likely N-dealkylation sites (tertiary alicyclic amines) is 1. The summed E-state index contributed by atoms with van der Waals surface area (Å²) < 4.78 is 0. The number of hydrogen-bond acceptors (Lipinski definition) is 3. The van der Waals surface area contributed by atoms with Gasteiger partial charge in [-0.1, -0.05) is 33.1 Å². The Morgan fingerprint density at radius 2 is 1.74 bits per heavy atom. The van der Waals surface area contributed by atoms with Crippen molar-refractivity contribution in [1.29, 1.82) is 0 Å². The second-order valence-electron chi connectivity index (χ2n) is 6.82. The van der Waals surface area contributed by atoms with Gasteiger partial charge in [-0.05, 0) is 57.7 Å². The molecule has 1 saturated heterocycles. The molecule has 19 heavy (non-hydrogen) atoms. The van der Waals surface area contributed by atoms with Crippen molar-refractivity contribution in [3.05, 3.63) is 0 Å². The molecule has 0 amide bonds. The number of nitrogens with two attached hydrogens (primary N) is 1. The van der Waals surface area contributed by atoms with Crippen molar-refractivity contribution in [1.82, 2.24) is 4.90 Å². The number of aliphatic hydroxyl groups excluding tert-OH is 1. The van der Waals surface area contributed by atoms with E-state index in [1.54, 1.807) is 0 Å². The Morgan fingerprint density at radius 3 is 2.21 bits per heavy atom. The molecular weight excluding hydrogens is 236 g/mol. The van der Waals surface area contributed by atoms with Crippen molar-refractivity contribution in [2.24, 2.45) is 11.1 Å². The molecule has 0 aromatic carbocycles. The Bertz CT molecular complexity index is 239. The van der Waals surface area contributed by atoms with Gasteiger partial charge >= 0.3 is 0 Å². The zero-order chi connectivity index (χ0) is 14.4. The maximum atomic E-state index is 9.12. The summed E-state index contributed by atoms with van der Waals surface area (Å²) in [5.74, 6) is 0. The van der Waals surface area contributed by atoms with Crippen molar-refractivity contribution in [2.75, 3.05) is 26.2 Å². The number of piperidine rings is 1. The van der Waals surface area contributed by atoms with Gasteiger partial charge in [0.15, 0.2) is 0 Å². The molecule has 1 heterocycles. The first-order chi connectivity index (χ1) is 8.97. The monoisotopic (exact) mass is 270 g/mol. The lowest BCUT2D eigenvalue weighted by atomic mass is 9.74. The van der Waals surface area contributed by atoms with E-state index in [-0.39, 0.29) is 12.1 Å². The number of rotatable bonds is 8. The Kier molecular flexibility index (Phi) is 6.78. The molecule has 0 aromatic heterocycles. The van der Waals surface area contributed by atoms with Crippen molar-refractivity contribution in [3.63, 3.8) is 0 Å². The van der Waals surface area contributed by atoms with Gasteiger partial charge in [-0.25, -0.2) is 0 Å². The SMILES string of the molecule is CCC1(CC)CCN(CCCCC(C)(N)CO)CC1.